The second-order valence-corrected chi connectivity index (χ2v) is 8.79. The van der Waals surface area contributed by atoms with E-state index in [1.54, 1.807) is 6.07 Å². The lowest BCUT2D eigenvalue weighted by molar-refractivity contribution is 0.249. The summed E-state index contributed by atoms with van der Waals surface area (Å²) in [6.45, 7) is 4.20. The van der Waals surface area contributed by atoms with Crippen molar-refractivity contribution < 1.29 is 4.39 Å². The highest BCUT2D eigenvalue weighted by Gasteiger charge is 2.27. The molecule has 2 heterocycles. The maximum absolute atomic E-state index is 13.7. The third-order valence-electron chi connectivity index (χ3n) is 5.60. The molecule has 1 aromatic heterocycles. The Balaban J connectivity index is 1.34. The molecule has 30 heavy (non-hydrogen) atoms. The highest BCUT2D eigenvalue weighted by Crippen LogP contribution is 2.32. The normalized spacial score (nSPS) is 17.5. The van der Waals surface area contributed by atoms with Crippen molar-refractivity contribution in [1.82, 2.24) is 14.9 Å². The van der Waals surface area contributed by atoms with E-state index < -0.39 is 0 Å². The Labute approximate surface area is 184 Å². The van der Waals surface area contributed by atoms with Crippen molar-refractivity contribution in [2.24, 2.45) is 0 Å². The highest BCUT2D eigenvalue weighted by atomic mass is 35.5. The van der Waals surface area contributed by atoms with Gasteiger partial charge in [-0.2, -0.15) is 0 Å². The van der Waals surface area contributed by atoms with Gasteiger partial charge in [0.2, 0.25) is 0 Å². The summed E-state index contributed by atoms with van der Waals surface area (Å²) in [7, 11) is 0. The Morgan fingerprint density at radius 1 is 0.967 bits per heavy atom. The smallest absolute Gasteiger partial charge is 0.172 e. The molecule has 3 aromatic rings. The van der Waals surface area contributed by atoms with E-state index >= 15 is 0 Å². The number of nitrogens with one attached hydrogen (secondary N) is 1. The van der Waals surface area contributed by atoms with Crippen molar-refractivity contribution >= 4 is 45.9 Å². The molecular weight excluding hydrogens is 424 g/mol. The molecule has 0 unspecified atom stereocenters. The third kappa shape index (κ3) is 4.31. The Hall–Kier alpha value is -2.15. The second kappa shape index (κ2) is 8.17. The van der Waals surface area contributed by atoms with E-state index in [0.717, 1.165) is 67.8 Å². The molecule has 0 atom stereocenters. The number of piperazine rings is 1. The van der Waals surface area contributed by atoms with Gasteiger partial charge >= 0.3 is 0 Å². The first-order valence-electron chi connectivity index (χ1n) is 10.2. The topological polar surface area (TPSA) is 44.3 Å². The van der Waals surface area contributed by atoms with Gasteiger partial charge in [-0.15, -0.1) is 0 Å². The predicted molar refractivity (Wildman–Crippen MR) is 120 cm³/mol. The molecule has 1 saturated heterocycles. The highest BCUT2D eigenvalue weighted by molar-refractivity contribution is 6.33. The van der Waals surface area contributed by atoms with E-state index in [4.69, 9.17) is 33.2 Å². The van der Waals surface area contributed by atoms with Crippen LogP contribution in [0.25, 0.3) is 11.0 Å². The standard InChI is InChI=1S/C22H22Cl2FN5/c23-15-1-5-18(24)14(11-15)13-29-7-9-30(10-8-29)22-21(26-17-3-4-17)27-20-12-16(25)2-6-19(20)28-22/h1-2,5-6,11-12,17H,3-4,7-10,13H2,(H,26,27). The average Bonchev–Trinajstić information content (AvgIpc) is 3.55. The first-order valence-corrected chi connectivity index (χ1v) is 11.0. The van der Waals surface area contributed by atoms with Crippen LogP contribution in [0.3, 0.4) is 0 Å². The van der Waals surface area contributed by atoms with Gasteiger partial charge in [0.25, 0.3) is 0 Å². The van der Waals surface area contributed by atoms with E-state index in [-0.39, 0.29) is 5.82 Å². The molecule has 1 aliphatic heterocycles. The average molecular weight is 446 g/mol. The van der Waals surface area contributed by atoms with Crippen LogP contribution < -0.4 is 10.2 Å². The molecule has 5 nitrogen and oxygen atoms in total. The number of aromatic nitrogens is 2. The van der Waals surface area contributed by atoms with E-state index in [9.17, 15) is 4.39 Å². The number of anilines is 2. The fraction of sp³-hybridized carbons (Fsp3) is 0.364. The molecule has 2 fully saturated rings. The molecule has 0 spiro atoms. The third-order valence-corrected chi connectivity index (χ3v) is 6.20. The number of halogens is 3. The van der Waals surface area contributed by atoms with Crippen molar-refractivity contribution in [3.63, 3.8) is 0 Å². The number of rotatable bonds is 5. The first-order chi connectivity index (χ1) is 14.5. The number of benzene rings is 2. The lowest BCUT2D eigenvalue weighted by atomic mass is 10.2. The molecule has 0 bridgehead atoms. The van der Waals surface area contributed by atoms with Crippen LogP contribution >= 0.6 is 23.2 Å². The molecule has 1 aliphatic carbocycles. The molecule has 8 heteroatoms. The van der Waals surface area contributed by atoms with Crippen LogP contribution in [0.15, 0.2) is 36.4 Å². The van der Waals surface area contributed by atoms with Gasteiger partial charge in [0, 0.05) is 54.9 Å². The number of hydrogen-bond acceptors (Lipinski definition) is 5. The van der Waals surface area contributed by atoms with Crippen LogP contribution in [0, 0.1) is 5.82 Å². The lowest BCUT2D eigenvalue weighted by Gasteiger charge is -2.36. The van der Waals surface area contributed by atoms with Crippen LogP contribution in [0.5, 0.6) is 0 Å². The van der Waals surface area contributed by atoms with Gasteiger partial charge < -0.3 is 10.2 Å². The van der Waals surface area contributed by atoms with Gasteiger partial charge in [-0.05, 0) is 48.7 Å². The zero-order valence-electron chi connectivity index (χ0n) is 16.4. The van der Waals surface area contributed by atoms with E-state index in [2.05, 4.69) is 15.1 Å². The van der Waals surface area contributed by atoms with Crippen LogP contribution in [-0.4, -0.2) is 47.1 Å². The molecular formula is C22H22Cl2FN5. The first kappa shape index (κ1) is 19.8. The van der Waals surface area contributed by atoms with Crippen molar-refractivity contribution in [3.05, 3.63) is 57.8 Å². The zero-order chi connectivity index (χ0) is 20.7. The van der Waals surface area contributed by atoms with Gasteiger partial charge in [-0.3, -0.25) is 4.90 Å². The van der Waals surface area contributed by atoms with Crippen LogP contribution in [0.2, 0.25) is 10.0 Å². The summed E-state index contributed by atoms with van der Waals surface area (Å²) in [6.07, 6.45) is 2.27. The van der Waals surface area contributed by atoms with E-state index in [1.807, 2.05) is 18.2 Å². The van der Waals surface area contributed by atoms with Crippen molar-refractivity contribution in [3.8, 4) is 0 Å². The zero-order valence-corrected chi connectivity index (χ0v) is 17.9. The molecule has 1 N–H and O–H groups in total. The quantitative estimate of drug-likeness (QED) is 0.600. The SMILES string of the molecule is Fc1ccc2nc(N3CCN(Cc4cc(Cl)ccc4Cl)CC3)c(NC3CC3)nc2c1. The van der Waals surface area contributed by atoms with Gasteiger partial charge in [0.15, 0.2) is 11.6 Å². The van der Waals surface area contributed by atoms with Gasteiger partial charge in [0.05, 0.1) is 11.0 Å². The van der Waals surface area contributed by atoms with Gasteiger partial charge in [-0.1, -0.05) is 23.2 Å². The Bertz CT molecular complexity index is 1080. The molecule has 1 saturated carbocycles. The summed E-state index contributed by atoms with van der Waals surface area (Å²) < 4.78 is 13.7. The monoisotopic (exact) mass is 445 g/mol. The van der Waals surface area contributed by atoms with Crippen molar-refractivity contribution in [2.45, 2.75) is 25.4 Å². The number of hydrogen-bond donors (Lipinski definition) is 1. The lowest BCUT2D eigenvalue weighted by Crippen LogP contribution is -2.46. The Kier molecular flexibility index (Phi) is 5.39. The predicted octanol–water partition coefficient (Wildman–Crippen LogP) is 4.97. The summed E-state index contributed by atoms with van der Waals surface area (Å²) in [4.78, 5) is 14.2. The molecule has 156 valence electrons. The minimum atomic E-state index is -0.296. The fourth-order valence-electron chi connectivity index (χ4n) is 3.78. The van der Waals surface area contributed by atoms with Crippen LogP contribution in [-0.2, 0) is 6.54 Å². The summed E-state index contributed by atoms with van der Waals surface area (Å²) in [5, 5.41) is 4.92. The largest absolute Gasteiger partial charge is 0.364 e. The van der Waals surface area contributed by atoms with Crippen molar-refractivity contribution in [2.75, 3.05) is 36.4 Å². The number of nitrogens with zero attached hydrogens (tertiary/aromatic N) is 4. The van der Waals surface area contributed by atoms with E-state index in [0.29, 0.717) is 22.1 Å². The molecule has 0 radical (unpaired) electrons. The summed E-state index contributed by atoms with van der Waals surface area (Å²) >= 11 is 12.5. The number of fused-ring (bicyclic) bond motifs is 1. The second-order valence-electron chi connectivity index (χ2n) is 7.95. The van der Waals surface area contributed by atoms with E-state index in [1.165, 1.54) is 12.1 Å². The van der Waals surface area contributed by atoms with Crippen LogP contribution in [0.1, 0.15) is 18.4 Å². The summed E-state index contributed by atoms with van der Waals surface area (Å²) in [5.74, 6) is 1.30. The minimum Gasteiger partial charge on any atom is -0.364 e. The van der Waals surface area contributed by atoms with Crippen LogP contribution in [0.4, 0.5) is 16.0 Å². The van der Waals surface area contributed by atoms with Gasteiger partial charge in [0.1, 0.15) is 5.82 Å². The minimum absolute atomic E-state index is 0.296. The maximum atomic E-state index is 13.7. The summed E-state index contributed by atoms with van der Waals surface area (Å²) in [6, 6.07) is 10.6. The van der Waals surface area contributed by atoms with Crippen molar-refractivity contribution in [1.29, 1.82) is 0 Å². The summed E-state index contributed by atoms with van der Waals surface area (Å²) in [5.41, 5.74) is 2.33. The Morgan fingerprint density at radius 3 is 2.53 bits per heavy atom. The fourth-order valence-corrected chi connectivity index (χ4v) is 4.15. The molecule has 2 aromatic carbocycles. The Morgan fingerprint density at radius 2 is 1.77 bits per heavy atom. The molecule has 0 amide bonds. The maximum Gasteiger partial charge on any atom is 0.172 e. The molecule has 5 rings (SSSR count). The molecule has 2 aliphatic rings. The van der Waals surface area contributed by atoms with Gasteiger partial charge in [-0.25, -0.2) is 14.4 Å².